The van der Waals surface area contributed by atoms with E-state index in [-0.39, 0.29) is 82.6 Å². The van der Waals surface area contributed by atoms with Crippen molar-refractivity contribution in [2.45, 2.75) is 138 Å². The SMILES string of the molecule is COC(=O)C(C)C(CCC(C)C1CCC2C3C(OC(C)=O)CC4CC(OC(C)=O)CCC4(C)C3CC(OC(C)=O)C12C)OC(C)=O. The highest BCUT2D eigenvalue weighted by molar-refractivity contribution is 5.73. The maximum Gasteiger partial charge on any atom is 0.312 e. The molecule has 10 nitrogen and oxygen atoms in total. The summed E-state index contributed by atoms with van der Waals surface area (Å²) in [6.45, 7) is 14.3. The van der Waals surface area contributed by atoms with E-state index < -0.39 is 24.0 Å². The molecule has 0 aromatic heterocycles. The highest BCUT2D eigenvalue weighted by atomic mass is 16.6. The van der Waals surface area contributed by atoms with Crippen LogP contribution in [0.15, 0.2) is 0 Å². The smallest absolute Gasteiger partial charge is 0.312 e. The summed E-state index contributed by atoms with van der Waals surface area (Å²) < 4.78 is 28.6. The van der Waals surface area contributed by atoms with Gasteiger partial charge in [0.1, 0.15) is 24.4 Å². The van der Waals surface area contributed by atoms with Crippen LogP contribution in [0.4, 0.5) is 0 Å². The van der Waals surface area contributed by atoms with Crippen molar-refractivity contribution in [2.75, 3.05) is 7.11 Å². The van der Waals surface area contributed by atoms with E-state index in [0.29, 0.717) is 12.8 Å². The Morgan fingerprint density at radius 1 is 0.761 bits per heavy atom. The average Bonchev–Trinajstić information content (AvgIpc) is 3.32. The predicted molar refractivity (Wildman–Crippen MR) is 168 cm³/mol. The minimum atomic E-state index is -0.594. The zero-order valence-electron chi connectivity index (χ0n) is 29.3. The number of rotatable bonds is 10. The quantitative estimate of drug-likeness (QED) is 0.211. The van der Waals surface area contributed by atoms with E-state index in [9.17, 15) is 24.0 Å². The fourth-order valence-corrected chi connectivity index (χ4v) is 10.7. The lowest BCUT2D eigenvalue weighted by Crippen LogP contribution is -2.63. The molecule has 0 radical (unpaired) electrons. The van der Waals surface area contributed by atoms with Gasteiger partial charge in [0.25, 0.3) is 0 Å². The molecule has 10 heteroatoms. The first kappa shape index (κ1) is 36.2. The lowest BCUT2D eigenvalue weighted by atomic mass is 9.43. The Labute approximate surface area is 274 Å². The van der Waals surface area contributed by atoms with E-state index in [1.807, 2.05) is 0 Å². The monoisotopic (exact) mass is 648 g/mol. The molecule has 0 amide bonds. The van der Waals surface area contributed by atoms with Crippen molar-refractivity contribution in [3.05, 3.63) is 0 Å². The molecule has 0 spiro atoms. The van der Waals surface area contributed by atoms with Crippen LogP contribution in [0, 0.1) is 52.3 Å². The van der Waals surface area contributed by atoms with Gasteiger partial charge in [-0.05, 0) is 99.7 Å². The van der Waals surface area contributed by atoms with Crippen molar-refractivity contribution < 1.29 is 47.7 Å². The molecule has 4 fully saturated rings. The lowest BCUT2D eigenvalue weighted by Gasteiger charge is -2.64. The van der Waals surface area contributed by atoms with Gasteiger partial charge in [-0.3, -0.25) is 24.0 Å². The third-order valence-corrected chi connectivity index (χ3v) is 12.8. The number of carbonyl (C=O) groups excluding carboxylic acids is 5. The molecular formula is C36H56O10. The fraction of sp³-hybridized carbons (Fsp3) is 0.861. The molecule has 4 aliphatic carbocycles. The molecule has 0 N–H and O–H groups in total. The second kappa shape index (κ2) is 14.2. The molecule has 4 saturated carbocycles. The van der Waals surface area contributed by atoms with E-state index >= 15 is 0 Å². The van der Waals surface area contributed by atoms with Crippen molar-refractivity contribution >= 4 is 29.8 Å². The second-order valence-corrected chi connectivity index (χ2v) is 15.3. The molecule has 0 bridgehead atoms. The molecule has 0 aromatic rings. The first-order valence-electron chi connectivity index (χ1n) is 17.3. The average molecular weight is 649 g/mol. The number of fused-ring (bicyclic) bond motifs is 5. The number of carbonyl (C=O) groups is 5. The third-order valence-electron chi connectivity index (χ3n) is 12.8. The van der Waals surface area contributed by atoms with Crippen LogP contribution in [0.25, 0.3) is 0 Å². The summed E-state index contributed by atoms with van der Waals surface area (Å²) in [4.78, 5) is 61.2. The van der Waals surface area contributed by atoms with Crippen molar-refractivity contribution in [1.82, 2.24) is 0 Å². The Morgan fingerprint density at radius 3 is 2.00 bits per heavy atom. The van der Waals surface area contributed by atoms with Gasteiger partial charge in [-0.2, -0.15) is 0 Å². The van der Waals surface area contributed by atoms with Gasteiger partial charge >= 0.3 is 29.8 Å². The van der Waals surface area contributed by atoms with Crippen LogP contribution in [0.1, 0.15) is 113 Å². The second-order valence-electron chi connectivity index (χ2n) is 15.3. The molecule has 0 aromatic carbocycles. The molecule has 0 aliphatic heterocycles. The molecule has 4 aliphatic rings. The minimum absolute atomic E-state index is 0.0668. The van der Waals surface area contributed by atoms with Crippen molar-refractivity contribution in [3.8, 4) is 0 Å². The third kappa shape index (κ3) is 7.10. The number of methoxy groups -OCH3 is 1. The largest absolute Gasteiger partial charge is 0.469 e. The summed E-state index contributed by atoms with van der Waals surface area (Å²) in [5, 5.41) is 0. The Hall–Kier alpha value is -2.65. The molecule has 46 heavy (non-hydrogen) atoms. The first-order chi connectivity index (χ1) is 21.5. The summed E-state index contributed by atoms with van der Waals surface area (Å²) in [6, 6.07) is 0. The maximum absolute atomic E-state index is 12.7. The van der Waals surface area contributed by atoms with Crippen LogP contribution >= 0.6 is 0 Å². The van der Waals surface area contributed by atoms with Gasteiger partial charge in [-0.15, -0.1) is 0 Å². The Kier molecular flexibility index (Phi) is 11.2. The lowest BCUT2D eigenvalue weighted by molar-refractivity contribution is -0.224. The molecule has 0 heterocycles. The number of ether oxygens (including phenoxy) is 5. The van der Waals surface area contributed by atoms with E-state index in [2.05, 4.69) is 20.8 Å². The van der Waals surface area contributed by atoms with Crippen LogP contribution in [0.2, 0.25) is 0 Å². The van der Waals surface area contributed by atoms with Crippen molar-refractivity contribution in [1.29, 1.82) is 0 Å². The molecular weight excluding hydrogens is 592 g/mol. The van der Waals surface area contributed by atoms with E-state index in [1.54, 1.807) is 6.92 Å². The standard InChI is InChI=1S/C36H56O10/c1-19(10-13-30(44-22(4)38)20(2)34(41)42-9)27-11-12-28-33-29(18-32(36(27,28)8)46-24(6)40)35(7)15-14-26(43-21(3)37)16-25(35)17-31(33)45-23(5)39/h19-20,25-33H,10-18H2,1-9H3. The van der Waals surface area contributed by atoms with Crippen LogP contribution in [-0.2, 0) is 47.7 Å². The molecule has 13 unspecified atom stereocenters. The summed E-state index contributed by atoms with van der Waals surface area (Å²) in [5.74, 6) is -1.21. The summed E-state index contributed by atoms with van der Waals surface area (Å²) in [5.41, 5.74) is -0.420. The Bertz CT molecular complexity index is 1170. The van der Waals surface area contributed by atoms with Crippen LogP contribution in [0.3, 0.4) is 0 Å². The van der Waals surface area contributed by atoms with Crippen LogP contribution < -0.4 is 0 Å². The Balaban J connectivity index is 1.65. The van der Waals surface area contributed by atoms with Gasteiger partial charge in [0.05, 0.1) is 13.0 Å². The van der Waals surface area contributed by atoms with Gasteiger partial charge in [0.2, 0.25) is 0 Å². The zero-order valence-corrected chi connectivity index (χ0v) is 29.3. The van der Waals surface area contributed by atoms with E-state index in [0.717, 1.165) is 44.9 Å². The highest BCUT2D eigenvalue weighted by Gasteiger charge is 2.67. The molecule has 4 rings (SSSR count). The summed E-state index contributed by atoms with van der Waals surface area (Å²) in [7, 11) is 1.33. The number of esters is 5. The van der Waals surface area contributed by atoms with Crippen molar-refractivity contribution in [3.63, 3.8) is 0 Å². The van der Waals surface area contributed by atoms with E-state index in [4.69, 9.17) is 23.7 Å². The maximum atomic E-state index is 12.7. The van der Waals surface area contributed by atoms with Gasteiger partial charge in [0, 0.05) is 39.0 Å². The molecule has 13 atom stereocenters. The van der Waals surface area contributed by atoms with Crippen molar-refractivity contribution in [2.24, 2.45) is 52.3 Å². The first-order valence-corrected chi connectivity index (χ1v) is 17.3. The fourth-order valence-electron chi connectivity index (χ4n) is 10.7. The number of hydrogen-bond donors (Lipinski definition) is 0. The molecule has 260 valence electrons. The minimum Gasteiger partial charge on any atom is -0.469 e. The van der Waals surface area contributed by atoms with Crippen LogP contribution in [0.5, 0.6) is 0 Å². The summed E-state index contributed by atoms with van der Waals surface area (Å²) in [6.07, 6.45) is 5.67. The topological polar surface area (TPSA) is 132 Å². The normalized spacial score (nSPS) is 38.5. The van der Waals surface area contributed by atoms with Gasteiger partial charge in [-0.1, -0.05) is 20.8 Å². The Morgan fingerprint density at radius 2 is 1.41 bits per heavy atom. The number of hydrogen-bond acceptors (Lipinski definition) is 10. The van der Waals surface area contributed by atoms with Gasteiger partial charge < -0.3 is 23.7 Å². The molecule has 0 saturated heterocycles. The van der Waals surface area contributed by atoms with Gasteiger partial charge in [-0.25, -0.2) is 0 Å². The predicted octanol–water partition coefficient (Wildman–Crippen LogP) is 5.82. The van der Waals surface area contributed by atoms with Crippen LogP contribution in [-0.4, -0.2) is 61.4 Å². The van der Waals surface area contributed by atoms with E-state index in [1.165, 1.54) is 34.8 Å². The highest BCUT2D eigenvalue weighted by Crippen LogP contribution is 2.69. The zero-order chi connectivity index (χ0) is 34.1. The van der Waals surface area contributed by atoms with Gasteiger partial charge in [0.15, 0.2) is 0 Å². The summed E-state index contributed by atoms with van der Waals surface area (Å²) >= 11 is 0.